The Morgan fingerprint density at radius 2 is 1.52 bits per heavy atom. The molecule has 522 valence electrons. The van der Waals surface area contributed by atoms with Gasteiger partial charge >= 0.3 is 0 Å². The second-order valence-corrected chi connectivity index (χ2v) is 40.2. The number of piperidine rings is 1. The fourth-order valence-corrected chi connectivity index (χ4v) is 29.8. The van der Waals surface area contributed by atoms with E-state index in [-0.39, 0.29) is 118 Å². The number of nitrogens with one attached hydrogen (secondary N) is 1. The van der Waals surface area contributed by atoms with Crippen LogP contribution in [0.1, 0.15) is 166 Å². The first-order chi connectivity index (χ1) is 48.6. The largest absolute Gasteiger partial charge is 0.507 e. The average Bonchev–Trinajstić information content (AvgIpc) is 0.746. The monoisotopic (exact) mass is 1490 g/mol. The smallest absolute Gasteiger partial charge is 0.238 e. The number of rotatable bonds is 7. The number of aromatic hydroxyl groups is 3. The average molecular weight is 1490 g/mol. The number of hydrogen-bond donors (Lipinski definition) is 8. The molecule has 12 atom stereocenters. The molecule has 1 aromatic heterocycles. The first-order valence-electron chi connectivity index (χ1n) is 35.6. The van der Waals surface area contributed by atoms with Gasteiger partial charge in [-0.05, 0) is 201 Å². The molecular weight excluding hydrogens is 1410 g/mol. The van der Waals surface area contributed by atoms with Crippen LogP contribution in [-0.2, 0) is 65.3 Å². The Hall–Kier alpha value is -4.52. The van der Waals surface area contributed by atoms with Crippen molar-refractivity contribution in [3.05, 3.63) is 185 Å². The van der Waals surface area contributed by atoms with Crippen LogP contribution in [0.3, 0.4) is 0 Å². The van der Waals surface area contributed by atoms with Gasteiger partial charge in [0.05, 0.1) is 28.4 Å². The fourth-order valence-electron chi connectivity index (χ4n) is 18.6. The highest BCUT2D eigenvalue weighted by Crippen LogP contribution is 2.65. The minimum absolute atomic E-state index is 0.00328. The van der Waals surface area contributed by atoms with E-state index in [1.807, 2.05) is 49.2 Å². The van der Waals surface area contributed by atoms with Crippen LogP contribution in [0.25, 0.3) is 44.2 Å². The molecule has 13 aliphatic rings. The second-order valence-electron chi connectivity index (χ2n) is 29.8. The minimum atomic E-state index is -1.09. The van der Waals surface area contributed by atoms with E-state index in [1.165, 1.54) is 28.3 Å². The lowest BCUT2D eigenvalue weighted by molar-refractivity contribution is -0.119. The lowest BCUT2D eigenvalue weighted by Crippen LogP contribution is -2.50. The molecule has 2 fully saturated rings. The normalized spacial score (nSPS) is 27.7. The van der Waals surface area contributed by atoms with Crippen molar-refractivity contribution in [2.45, 2.75) is 173 Å². The van der Waals surface area contributed by atoms with Gasteiger partial charge in [-0.25, -0.2) is 0 Å². The summed E-state index contributed by atoms with van der Waals surface area (Å²) in [5.41, 5.74) is 15.3. The minimum Gasteiger partial charge on any atom is -0.507 e. The summed E-state index contributed by atoms with van der Waals surface area (Å²) in [6, 6.07) is 32.2. The number of carbonyl (C=O) groups excluding carboxylic acids is 1. The van der Waals surface area contributed by atoms with Crippen LogP contribution in [0.2, 0.25) is 0 Å². The highest BCUT2D eigenvalue weighted by molar-refractivity contribution is 8.77. The highest BCUT2D eigenvalue weighted by Gasteiger charge is 2.55. The first kappa shape index (κ1) is 68.6. The van der Waals surface area contributed by atoms with Crippen LogP contribution in [0.15, 0.2) is 100 Å². The number of aliphatic hydroxyl groups is 4. The Labute approximate surface area is 614 Å². The van der Waals surface area contributed by atoms with Gasteiger partial charge in [0.25, 0.3) is 0 Å². The number of hydrogen-bond acceptors (Lipinski definition) is 20. The van der Waals surface area contributed by atoms with Gasteiger partial charge in [0, 0.05) is 101 Å². The summed E-state index contributed by atoms with van der Waals surface area (Å²) < 4.78 is 13.5. The molecule has 11 aliphatic heterocycles. The molecule has 2 aliphatic carbocycles. The van der Waals surface area contributed by atoms with Crippen molar-refractivity contribution >= 4 is 114 Å². The lowest BCUT2D eigenvalue weighted by atomic mass is 9.62. The number of phenols is 2. The zero-order chi connectivity index (χ0) is 68.4. The summed E-state index contributed by atoms with van der Waals surface area (Å²) in [6.07, 6.45) is 3.62. The Bertz CT molecular complexity index is 4660. The van der Waals surface area contributed by atoms with Gasteiger partial charge in [0.15, 0.2) is 5.76 Å². The van der Waals surface area contributed by atoms with E-state index in [0.717, 1.165) is 79.4 Å². The molecule has 0 saturated carbocycles. The Morgan fingerprint density at radius 1 is 0.710 bits per heavy atom. The predicted octanol–water partition coefficient (Wildman–Crippen LogP) is 16.7. The molecule has 24 bridgehead atoms. The van der Waals surface area contributed by atoms with Crippen molar-refractivity contribution in [3.63, 3.8) is 0 Å². The SMILES string of the molecule is CC(C)Cc1cc2c3c(c1O)Cc1cccc(c1)C1NC4CSSCC(C(=O)Cc5ccc6c(c5)CSSCc5cc7c8c9c(cc%10c8c5CC(CCCO)C%10CCO)-c5c(O)cc8oc-2c(O)c(=O)c8c5OC2CC9C(O)C7(C6)SSCCCC2O)c2cccc(c2)CC4CC1SSC3. The summed E-state index contributed by atoms with van der Waals surface area (Å²) in [5.74, 6) is 2.41. The van der Waals surface area contributed by atoms with Crippen LogP contribution >= 0.6 is 86.4 Å². The topological polar surface area (TPSA) is 210 Å². The zero-order valence-electron chi connectivity index (χ0n) is 56.0. The van der Waals surface area contributed by atoms with Crippen molar-refractivity contribution in [3.8, 4) is 45.4 Å². The molecule has 8 N–H and O–H groups in total. The fraction of sp³-hybridized carbons (Fsp3) is 0.450. The number of fused-ring (bicyclic) bond motifs is 5. The number of ketones is 1. The highest BCUT2D eigenvalue weighted by atomic mass is 33.1. The molecule has 20 heteroatoms. The number of carbonyl (C=O) groups is 1. The van der Waals surface area contributed by atoms with Gasteiger partial charge < -0.3 is 50.2 Å². The molecule has 2 saturated heterocycles. The summed E-state index contributed by atoms with van der Waals surface area (Å²) in [7, 11) is 14.3. The van der Waals surface area contributed by atoms with Crippen LogP contribution in [0.4, 0.5) is 0 Å². The maximum atomic E-state index is 16.2. The Balaban J connectivity index is 0.951. The second kappa shape index (κ2) is 28.1. The van der Waals surface area contributed by atoms with Gasteiger partial charge in [-0.3, -0.25) is 9.59 Å². The summed E-state index contributed by atoms with van der Waals surface area (Å²) in [6.45, 7) is 4.12. The van der Waals surface area contributed by atoms with Crippen molar-refractivity contribution in [2.75, 3.05) is 30.5 Å². The number of aliphatic hydroxyl groups excluding tert-OH is 4. The van der Waals surface area contributed by atoms with E-state index in [1.54, 1.807) is 43.2 Å². The molecule has 0 amide bonds. The molecular formula is C80H83NO11S8. The van der Waals surface area contributed by atoms with Crippen LogP contribution in [-0.4, -0.2) is 102 Å². The van der Waals surface area contributed by atoms with Crippen molar-refractivity contribution in [1.82, 2.24) is 5.32 Å². The molecule has 1 spiro atoms. The molecule has 12 nitrogen and oxygen atoms in total. The number of ether oxygens (including phenoxy) is 1. The van der Waals surface area contributed by atoms with Gasteiger partial charge in [0.2, 0.25) is 11.2 Å². The van der Waals surface area contributed by atoms with Crippen molar-refractivity contribution in [2.24, 2.45) is 17.8 Å². The molecule has 12 heterocycles. The molecule has 7 aromatic carbocycles. The standard InChI is InChI=1S/C80H83NO11S8/c1-39(2)19-48-27-55-59-37-98-99-67-29-47-22-40-7-3-9-43(20-40)58(36-96-97-38-61(47)81-73(67)45-10-4-8-41(21-45)24-54(59)74(48)87)63(85)25-42-13-14-46-33-80-60-28-50(35-95-94-34-49(46)23-42)52-26-44(11-5-16-82)51(15-17-83)53-30-56-69(71(60)68(52)53)57(79(80)90)31-65(62(84)12-6-18-93-100-80)91-78-70(56)64(86)32-66-72(78)75(88)76(89)77(55)92-66/h3-4,7-10,13-14,20-21,23,27-28,30,32,39,44,47,51,57-58,61-62,65,67,73,79,81-84,86-87,89-90H,5-6,11-12,15-19,22,24-26,29,31,33-38H2,1-2H3. The van der Waals surface area contributed by atoms with Crippen molar-refractivity contribution < 1.29 is 49.7 Å². The lowest BCUT2D eigenvalue weighted by Gasteiger charge is -2.50. The number of Topliss-reactive ketones (excluding diaryl/α,β-unsaturated/α-hetero) is 1. The van der Waals surface area contributed by atoms with Crippen LogP contribution in [0, 0.1) is 17.8 Å². The van der Waals surface area contributed by atoms with Gasteiger partial charge in [-0.1, -0.05) is 173 Å². The maximum Gasteiger partial charge on any atom is 0.238 e. The van der Waals surface area contributed by atoms with Gasteiger partial charge in [0.1, 0.15) is 40.1 Å². The van der Waals surface area contributed by atoms with E-state index in [9.17, 15) is 35.7 Å². The molecule has 100 heavy (non-hydrogen) atoms. The van der Waals surface area contributed by atoms with Crippen molar-refractivity contribution in [1.29, 1.82) is 0 Å². The van der Waals surface area contributed by atoms with Gasteiger partial charge in [-0.2, -0.15) is 0 Å². The third-order valence-electron chi connectivity index (χ3n) is 23.3. The maximum absolute atomic E-state index is 16.2. The van der Waals surface area contributed by atoms with E-state index >= 15 is 9.59 Å². The van der Waals surface area contributed by atoms with Gasteiger partial charge in [-0.15, -0.1) is 0 Å². The number of phenolic OH excluding ortho intramolecular Hbond substituents is 2. The predicted molar refractivity (Wildman–Crippen MR) is 416 cm³/mol. The summed E-state index contributed by atoms with van der Waals surface area (Å²) in [5, 5.41) is 94.4. The third kappa shape index (κ3) is 12.1. The van der Waals surface area contributed by atoms with Crippen LogP contribution < -0.4 is 15.5 Å². The van der Waals surface area contributed by atoms with Crippen LogP contribution in [0.5, 0.6) is 23.0 Å². The quantitative estimate of drug-likeness (QED) is 0.0698. The zero-order valence-corrected chi connectivity index (χ0v) is 62.5. The summed E-state index contributed by atoms with van der Waals surface area (Å²) in [4.78, 5) is 31.6. The number of benzene rings is 7. The van der Waals surface area contributed by atoms with E-state index in [4.69, 9.17) is 9.15 Å². The Kier molecular flexibility index (Phi) is 19.3. The first-order valence-corrected chi connectivity index (χ1v) is 45.3. The molecule has 12 unspecified atom stereocenters. The van der Waals surface area contributed by atoms with E-state index in [0.29, 0.717) is 109 Å². The summed E-state index contributed by atoms with van der Waals surface area (Å²) >= 11 is 0. The van der Waals surface area contributed by atoms with E-state index < -0.39 is 40.2 Å². The third-order valence-corrected chi connectivity index (χ3v) is 34.0. The molecule has 21 rings (SSSR count). The van der Waals surface area contributed by atoms with E-state index in [2.05, 4.69) is 98.0 Å². The molecule has 8 aromatic rings. The Morgan fingerprint density at radius 3 is 2.36 bits per heavy atom. The molecule has 0 radical (unpaired) electrons.